The topological polar surface area (TPSA) is 99.3 Å². The number of benzene rings is 3. The van der Waals surface area contributed by atoms with Crippen LogP contribution in [0.1, 0.15) is 23.1 Å². The molecule has 0 fully saturated rings. The lowest BCUT2D eigenvalue weighted by molar-refractivity contribution is -0.110. The molecule has 4 rings (SSSR count). The van der Waals surface area contributed by atoms with Gasteiger partial charge in [-0.05, 0) is 48.4 Å². The van der Waals surface area contributed by atoms with Crippen LogP contribution in [-0.2, 0) is 21.4 Å². The van der Waals surface area contributed by atoms with Gasteiger partial charge in [0.15, 0.2) is 0 Å². The van der Waals surface area contributed by atoms with Crippen molar-refractivity contribution in [1.82, 2.24) is 10.0 Å². The fourth-order valence-electron chi connectivity index (χ4n) is 3.83. The molecule has 0 unspecified atom stereocenters. The molecule has 1 amide bonds. The Bertz CT molecular complexity index is 1340. The monoisotopic (exact) mass is 510 g/mol. The molecule has 0 saturated heterocycles. The summed E-state index contributed by atoms with van der Waals surface area (Å²) in [5.74, 6) is -0.181. The first-order valence-electron chi connectivity index (χ1n) is 11.2. The highest BCUT2D eigenvalue weighted by Crippen LogP contribution is 2.38. The van der Waals surface area contributed by atoms with Crippen LogP contribution in [0.4, 0.5) is 11.4 Å². The zero-order chi connectivity index (χ0) is 24.8. The molecular weight excluding hydrogens is 484 g/mol. The molecule has 9 heteroatoms. The van der Waals surface area contributed by atoms with E-state index in [4.69, 9.17) is 11.6 Å². The first-order valence-corrected chi connectivity index (χ1v) is 13.5. The molecule has 1 heterocycles. The number of hydrogen-bond acceptors (Lipinski definition) is 5. The molecule has 1 aliphatic rings. The van der Waals surface area contributed by atoms with E-state index in [2.05, 4.69) is 20.7 Å². The van der Waals surface area contributed by atoms with Crippen LogP contribution in [0.2, 0.25) is 5.02 Å². The minimum atomic E-state index is -3.15. The maximum atomic E-state index is 13.0. The van der Waals surface area contributed by atoms with Crippen molar-refractivity contribution in [1.29, 1.82) is 0 Å². The number of fused-ring (bicyclic) bond motifs is 1. The summed E-state index contributed by atoms with van der Waals surface area (Å²) in [4.78, 5) is 13.0. The number of carbonyl (C=O) groups excluding carboxylic acids is 1. The Labute approximate surface area is 210 Å². The molecule has 0 aliphatic carbocycles. The van der Waals surface area contributed by atoms with Gasteiger partial charge in [0.1, 0.15) is 0 Å². The van der Waals surface area contributed by atoms with Crippen molar-refractivity contribution in [3.63, 3.8) is 0 Å². The third-order valence-corrected chi connectivity index (χ3v) is 6.45. The second-order valence-corrected chi connectivity index (χ2v) is 10.5. The SMILES string of the molecule is CS(=O)(=O)NCCCNCc1ccc(N/C(=C2\C(=O)Nc3cc(Cl)ccc32)c2ccccc2)cc1. The quantitative estimate of drug-likeness (QED) is 0.241. The Morgan fingerprint density at radius 3 is 2.43 bits per heavy atom. The molecule has 0 atom stereocenters. The molecule has 0 spiro atoms. The van der Waals surface area contributed by atoms with Gasteiger partial charge in [-0.2, -0.15) is 0 Å². The highest BCUT2D eigenvalue weighted by Gasteiger charge is 2.28. The lowest BCUT2D eigenvalue weighted by atomic mass is 10.00. The normalized spacial score (nSPS) is 14.4. The molecule has 4 N–H and O–H groups in total. The van der Waals surface area contributed by atoms with Crippen molar-refractivity contribution in [3.8, 4) is 0 Å². The van der Waals surface area contributed by atoms with Crippen LogP contribution in [0.15, 0.2) is 72.8 Å². The number of halogens is 1. The van der Waals surface area contributed by atoms with Gasteiger partial charge < -0.3 is 16.0 Å². The zero-order valence-electron chi connectivity index (χ0n) is 19.3. The van der Waals surface area contributed by atoms with Crippen LogP contribution in [-0.4, -0.2) is 33.7 Å². The van der Waals surface area contributed by atoms with E-state index >= 15 is 0 Å². The summed E-state index contributed by atoms with van der Waals surface area (Å²) < 4.78 is 24.7. The van der Waals surface area contributed by atoms with Crippen molar-refractivity contribution in [3.05, 3.63) is 94.5 Å². The molecule has 1 aliphatic heterocycles. The van der Waals surface area contributed by atoms with E-state index in [1.807, 2.05) is 60.7 Å². The molecule has 0 aromatic heterocycles. The summed E-state index contributed by atoms with van der Waals surface area (Å²) in [7, 11) is -3.15. The van der Waals surface area contributed by atoms with Crippen LogP contribution in [0.3, 0.4) is 0 Å². The highest BCUT2D eigenvalue weighted by atomic mass is 35.5. The van der Waals surface area contributed by atoms with Crippen molar-refractivity contribution in [2.45, 2.75) is 13.0 Å². The summed E-state index contributed by atoms with van der Waals surface area (Å²) in [6, 6.07) is 23.1. The average molecular weight is 511 g/mol. The van der Waals surface area contributed by atoms with Gasteiger partial charge in [0.25, 0.3) is 5.91 Å². The zero-order valence-corrected chi connectivity index (χ0v) is 20.8. The number of rotatable bonds is 10. The van der Waals surface area contributed by atoms with E-state index in [1.54, 1.807) is 12.1 Å². The van der Waals surface area contributed by atoms with E-state index < -0.39 is 10.0 Å². The van der Waals surface area contributed by atoms with Crippen LogP contribution in [0.5, 0.6) is 0 Å². The second-order valence-electron chi connectivity index (χ2n) is 8.28. The number of carbonyl (C=O) groups is 1. The highest BCUT2D eigenvalue weighted by molar-refractivity contribution is 7.88. The van der Waals surface area contributed by atoms with E-state index in [1.165, 1.54) is 0 Å². The molecule has 0 bridgehead atoms. The van der Waals surface area contributed by atoms with Gasteiger partial charge in [0, 0.05) is 29.4 Å². The summed E-state index contributed by atoms with van der Waals surface area (Å²) in [5.41, 5.74) is 5.63. The maximum Gasteiger partial charge on any atom is 0.258 e. The first kappa shape index (κ1) is 24.9. The fourth-order valence-corrected chi connectivity index (χ4v) is 4.52. The summed E-state index contributed by atoms with van der Waals surface area (Å²) in [6.07, 6.45) is 1.86. The molecule has 0 saturated carbocycles. The second kappa shape index (κ2) is 11.0. The van der Waals surface area contributed by atoms with Crippen molar-refractivity contribution in [2.75, 3.05) is 30.0 Å². The first-order chi connectivity index (χ1) is 16.8. The predicted molar refractivity (Wildman–Crippen MR) is 143 cm³/mol. The Hall–Kier alpha value is -3.17. The predicted octanol–water partition coefficient (Wildman–Crippen LogP) is 4.30. The summed E-state index contributed by atoms with van der Waals surface area (Å²) in [5, 5.41) is 10.2. The van der Waals surface area contributed by atoms with Crippen LogP contribution in [0.25, 0.3) is 11.3 Å². The van der Waals surface area contributed by atoms with E-state index in [9.17, 15) is 13.2 Å². The van der Waals surface area contributed by atoms with E-state index in [0.717, 1.165) is 28.6 Å². The average Bonchev–Trinajstić information content (AvgIpc) is 3.15. The Balaban J connectivity index is 1.49. The number of hydrogen-bond donors (Lipinski definition) is 4. The van der Waals surface area contributed by atoms with E-state index in [-0.39, 0.29) is 5.91 Å². The largest absolute Gasteiger partial charge is 0.354 e. The molecule has 35 heavy (non-hydrogen) atoms. The van der Waals surface area contributed by atoms with Crippen molar-refractivity contribution in [2.24, 2.45) is 0 Å². The van der Waals surface area contributed by atoms with Crippen LogP contribution >= 0.6 is 11.6 Å². The number of nitrogens with one attached hydrogen (secondary N) is 4. The molecule has 3 aromatic rings. The molecule has 3 aromatic carbocycles. The number of amides is 1. The van der Waals surface area contributed by atoms with Gasteiger partial charge in [0.2, 0.25) is 10.0 Å². The third kappa shape index (κ3) is 6.70. The van der Waals surface area contributed by atoms with Crippen molar-refractivity contribution < 1.29 is 13.2 Å². The Morgan fingerprint density at radius 1 is 0.971 bits per heavy atom. The minimum absolute atomic E-state index is 0.181. The lowest BCUT2D eigenvalue weighted by Gasteiger charge is -2.15. The van der Waals surface area contributed by atoms with Crippen molar-refractivity contribution >= 4 is 50.2 Å². The Kier molecular flexibility index (Phi) is 7.87. The summed E-state index contributed by atoms with van der Waals surface area (Å²) in [6.45, 7) is 1.78. The number of anilines is 2. The van der Waals surface area contributed by atoms with Gasteiger partial charge in [-0.15, -0.1) is 0 Å². The van der Waals surface area contributed by atoms with Crippen LogP contribution in [0, 0.1) is 0 Å². The third-order valence-electron chi connectivity index (χ3n) is 5.49. The van der Waals surface area contributed by atoms with E-state index in [0.29, 0.717) is 48.0 Å². The maximum absolute atomic E-state index is 13.0. The fraction of sp³-hybridized carbons (Fsp3) is 0.192. The molecule has 7 nitrogen and oxygen atoms in total. The molecule has 182 valence electrons. The van der Waals surface area contributed by atoms with Gasteiger partial charge in [-0.1, -0.05) is 60.1 Å². The van der Waals surface area contributed by atoms with Crippen LogP contribution < -0.4 is 20.7 Å². The van der Waals surface area contributed by atoms with Gasteiger partial charge in [0.05, 0.1) is 23.2 Å². The Morgan fingerprint density at radius 2 is 1.71 bits per heavy atom. The smallest absolute Gasteiger partial charge is 0.258 e. The lowest BCUT2D eigenvalue weighted by Crippen LogP contribution is -2.26. The van der Waals surface area contributed by atoms with Gasteiger partial charge in [-0.25, -0.2) is 13.1 Å². The van der Waals surface area contributed by atoms with Gasteiger partial charge >= 0.3 is 0 Å². The molecule has 0 radical (unpaired) electrons. The number of sulfonamides is 1. The minimum Gasteiger partial charge on any atom is -0.354 e. The molecular formula is C26H27ClN4O3S. The summed E-state index contributed by atoms with van der Waals surface area (Å²) >= 11 is 6.12. The standard InChI is InChI=1S/C26H27ClN4O3S/c1-35(33,34)29-15-5-14-28-17-18-8-11-21(12-9-18)30-25(19-6-3-2-4-7-19)24-22-13-10-20(27)16-23(22)31-26(24)32/h2-4,6-13,16,28-30H,5,14-15,17H2,1H3,(H,31,32)/b25-24-. The van der Waals surface area contributed by atoms with Gasteiger partial charge in [-0.3, -0.25) is 4.79 Å².